The Bertz CT molecular complexity index is 766. The lowest BCUT2D eigenvalue weighted by atomic mass is 10.2. The number of carbonyl (C=O) groups excluding carboxylic acids is 1. The largest absolute Gasteiger partial charge is 0.492 e. The zero-order valence-electron chi connectivity index (χ0n) is 14.7. The molecule has 0 radical (unpaired) electrons. The number of carbonyl (C=O) groups is 1. The molecule has 2 aromatic rings. The Balaban J connectivity index is 1.81. The molecular formula is C19H21ClN2O3S. The zero-order chi connectivity index (χ0) is 18.9. The summed E-state index contributed by atoms with van der Waals surface area (Å²) in [4.78, 5) is 11.9. The number of benzene rings is 2. The monoisotopic (exact) mass is 392 g/mol. The van der Waals surface area contributed by atoms with Crippen molar-refractivity contribution in [3.63, 3.8) is 0 Å². The van der Waals surface area contributed by atoms with Crippen LogP contribution in [-0.4, -0.2) is 30.8 Å². The van der Waals surface area contributed by atoms with E-state index >= 15 is 0 Å². The number of anilines is 1. The molecule has 0 amide bonds. The summed E-state index contributed by atoms with van der Waals surface area (Å²) in [6.07, 6.45) is 0. The Morgan fingerprint density at radius 3 is 2.62 bits per heavy atom. The van der Waals surface area contributed by atoms with E-state index in [0.717, 1.165) is 5.75 Å². The van der Waals surface area contributed by atoms with E-state index in [9.17, 15) is 4.79 Å². The predicted octanol–water partition coefficient (Wildman–Crippen LogP) is 4.19. The van der Waals surface area contributed by atoms with Crippen LogP contribution in [0.2, 0.25) is 5.02 Å². The normalized spacial score (nSPS) is 10.1. The van der Waals surface area contributed by atoms with Crippen molar-refractivity contribution in [2.75, 3.05) is 25.1 Å². The molecule has 0 aliphatic carbocycles. The van der Waals surface area contributed by atoms with Gasteiger partial charge in [-0.2, -0.15) is 0 Å². The first-order chi connectivity index (χ1) is 12.5. The van der Waals surface area contributed by atoms with Crippen LogP contribution < -0.4 is 15.4 Å². The standard InChI is InChI=1S/C19H21ClN2O3S/c1-3-24-18(23)16-12-14(6-9-17(16)20)22-19(26)21-10-11-25-15-7-4-13(2)5-8-15/h4-9,12H,3,10-11H2,1-2H3,(H2,21,22,26). The van der Waals surface area contributed by atoms with Crippen LogP contribution in [0, 0.1) is 6.92 Å². The number of ether oxygens (including phenoxy) is 2. The molecule has 138 valence electrons. The summed E-state index contributed by atoms with van der Waals surface area (Å²) in [6, 6.07) is 12.8. The lowest BCUT2D eigenvalue weighted by molar-refractivity contribution is 0.0526. The van der Waals surface area contributed by atoms with E-state index in [1.54, 1.807) is 25.1 Å². The molecule has 0 aliphatic heterocycles. The van der Waals surface area contributed by atoms with Gasteiger partial charge in [0, 0.05) is 5.69 Å². The Labute approximate surface area is 163 Å². The van der Waals surface area contributed by atoms with Crippen molar-refractivity contribution >= 4 is 40.6 Å². The Morgan fingerprint density at radius 2 is 1.92 bits per heavy atom. The molecule has 0 spiro atoms. The third-order valence-electron chi connectivity index (χ3n) is 3.40. The highest BCUT2D eigenvalue weighted by Gasteiger charge is 2.12. The van der Waals surface area contributed by atoms with Crippen LogP contribution in [0.1, 0.15) is 22.8 Å². The van der Waals surface area contributed by atoms with Gasteiger partial charge in [0.1, 0.15) is 12.4 Å². The summed E-state index contributed by atoms with van der Waals surface area (Å²) in [5.41, 5.74) is 2.13. The quantitative estimate of drug-likeness (QED) is 0.418. The molecule has 0 unspecified atom stereocenters. The van der Waals surface area contributed by atoms with Crippen LogP contribution >= 0.6 is 23.8 Å². The highest BCUT2D eigenvalue weighted by atomic mass is 35.5. The van der Waals surface area contributed by atoms with E-state index < -0.39 is 5.97 Å². The second-order valence-electron chi connectivity index (χ2n) is 5.46. The van der Waals surface area contributed by atoms with Crippen molar-refractivity contribution in [1.29, 1.82) is 0 Å². The lowest BCUT2D eigenvalue weighted by Crippen LogP contribution is -2.32. The minimum absolute atomic E-state index is 0.285. The first-order valence-corrected chi connectivity index (χ1v) is 8.99. The molecule has 0 bridgehead atoms. The van der Waals surface area contributed by atoms with Crippen LogP contribution in [-0.2, 0) is 4.74 Å². The molecule has 0 saturated carbocycles. The lowest BCUT2D eigenvalue weighted by Gasteiger charge is -2.13. The highest BCUT2D eigenvalue weighted by Crippen LogP contribution is 2.21. The van der Waals surface area contributed by atoms with Crippen LogP contribution in [0.3, 0.4) is 0 Å². The number of halogens is 1. The molecule has 0 saturated heterocycles. The number of aryl methyl sites for hydroxylation is 1. The maximum absolute atomic E-state index is 11.9. The van der Waals surface area contributed by atoms with E-state index in [1.165, 1.54) is 5.56 Å². The van der Waals surface area contributed by atoms with Gasteiger partial charge in [0.15, 0.2) is 5.11 Å². The van der Waals surface area contributed by atoms with Crippen LogP contribution in [0.25, 0.3) is 0 Å². The maximum atomic E-state index is 11.9. The molecule has 0 heterocycles. The summed E-state index contributed by atoms with van der Waals surface area (Å²) in [7, 11) is 0. The highest BCUT2D eigenvalue weighted by molar-refractivity contribution is 7.80. The average Bonchev–Trinajstić information content (AvgIpc) is 2.62. The van der Waals surface area contributed by atoms with Gasteiger partial charge in [0.05, 0.1) is 23.7 Å². The number of rotatable bonds is 7. The second kappa shape index (κ2) is 9.99. The van der Waals surface area contributed by atoms with Gasteiger partial charge >= 0.3 is 5.97 Å². The van der Waals surface area contributed by atoms with E-state index in [2.05, 4.69) is 10.6 Å². The predicted molar refractivity (Wildman–Crippen MR) is 108 cm³/mol. The third-order valence-corrected chi connectivity index (χ3v) is 3.97. The molecule has 5 nitrogen and oxygen atoms in total. The van der Waals surface area contributed by atoms with Crippen molar-refractivity contribution < 1.29 is 14.3 Å². The molecule has 2 aromatic carbocycles. The van der Waals surface area contributed by atoms with Gasteiger partial charge in [-0.3, -0.25) is 0 Å². The van der Waals surface area contributed by atoms with Crippen molar-refractivity contribution in [1.82, 2.24) is 5.32 Å². The van der Waals surface area contributed by atoms with Gasteiger partial charge in [-0.15, -0.1) is 0 Å². The summed E-state index contributed by atoms with van der Waals surface area (Å²) in [6.45, 7) is 5.07. The van der Waals surface area contributed by atoms with Gasteiger partial charge in [0.25, 0.3) is 0 Å². The number of thiocarbonyl (C=S) groups is 1. The summed E-state index contributed by atoms with van der Waals surface area (Å²) in [5.74, 6) is 0.347. The van der Waals surface area contributed by atoms with Crippen molar-refractivity contribution in [2.24, 2.45) is 0 Å². The number of hydrogen-bond donors (Lipinski definition) is 2. The summed E-state index contributed by atoms with van der Waals surface area (Å²) >= 11 is 11.3. The van der Waals surface area contributed by atoms with Crippen LogP contribution in [0.5, 0.6) is 5.75 Å². The molecule has 0 aliphatic rings. The third kappa shape index (κ3) is 6.20. The van der Waals surface area contributed by atoms with E-state index in [0.29, 0.717) is 34.5 Å². The maximum Gasteiger partial charge on any atom is 0.339 e. The molecule has 0 aromatic heterocycles. The first-order valence-electron chi connectivity index (χ1n) is 8.20. The number of esters is 1. The topological polar surface area (TPSA) is 59.6 Å². The average molecular weight is 393 g/mol. The molecule has 26 heavy (non-hydrogen) atoms. The molecule has 0 fully saturated rings. The molecule has 7 heteroatoms. The van der Waals surface area contributed by atoms with E-state index in [1.807, 2.05) is 31.2 Å². The van der Waals surface area contributed by atoms with Crippen molar-refractivity contribution in [3.05, 3.63) is 58.6 Å². The minimum Gasteiger partial charge on any atom is -0.492 e. The van der Waals surface area contributed by atoms with E-state index in [-0.39, 0.29) is 6.61 Å². The van der Waals surface area contributed by atoms with Gasteiger partial charge in [-0.05, 0) is 56.4 Å². The van der Waals surface area contributed by atoms with Crippen molar-refractivity contribution in [2.45, 2.75) is 13.8 Å². The Hall–Kier alpha value is -2.31. The second-order valence-corrected chi connectivity index (χ2v) is 6.27. The minimum atomic E-state index is -0.466. The Morgan fingerprint density at radius 1 is 1.19 bits per heavy atom. The van der Waals surface area contributed by atoms with Gasteiger partial charge < -0.3 is 20.1 Å². The zero-order valence-corrected chi connectivity index (χ0v) is 16.2. The fourth-order valence-electron chi connectivity index (χ4n) is 2.11. The fraction of sp³-hybridized carbons (Fsp3) is 0.263. The molecule has 2 rings (SSSR count). The summed E-state index contributed by atoms with van der Waals surface area (Å²) < 4.78 is 10.6. The van der Waals surface area contributed by atoms with Crippen molar-refractivity contribution in [3.8, 4) is 5.75 Å². The Kier molecular flexibility index (Phi) is 7.69. The fourth-order valence-corrected chi connectivity index (χ4v) is 2.53. The van der Waals surface area contributed by atoms with E-state index in [4.69, 9.17) is 33.3 Å². The molecule has 0 atom stereocenters. The molecule has 2 N–H and O–H groups in total. The van der Waals surface area contributed by atoms with Crippen LogP contribution in [0.4, 0.5) is 5.69 Å². The smallest absolute Gasteiger partial charge is 0.339 e. The number of nitrogens with one attached hydrogen (secondary N) is 2. The SMILES string of the molecule is CCOC(=O)c1cc(NC(=S)NCCOc2ccc(C)cc2)ccc1Cl. The first kappa shape index (κ1) is 20.0. The van der Waals surface area contributed by atoms with Gasteiger partial charge in [-0.1, -0.05) is 29.3 Å². The van der Waals surface area contributed by atoms with Gasteiger partial charge in [0.2, 0.25) is 0 Å². The number of hydrogen-bond acceptors (Lipinski definition) is 4. The summed E-state index contributed by atoms with van der Waals surface area (Å²) in [5, 5.41) is 6.82. The van der Waals surface area contributed by atoms with Gasteiger partial charge in [-0.25, -0.2) is 4.79 Å². The van der Waals surface area contributed by atoms with Crippen LogP contribution in [0.15, 0.2) is 42.5 Å². The molecular weight excluding hydrogens is 372 g/mol.